The zero-order valence-electron chi connectivity index (χ0n) is 8.76. The monoisotopic (exact) mass is 261 g/mol. The topological polar surface area (TPSA) is 12.9 Å². The number of aromatic nitrogens is 1. The largest absolute Gasteiger partial charge is 0.227 e. The van der Waals surface area contributed by atoms with Crippen LogP contribution in [0.4, 0.5) is 4.39 Å². The fourth-order valence-corrected chi connectivity index (χ4v) is 1.09. The van der Waals surface area contributed by atoms with Gasteiger partial charge in [-0.05, 0) is 28.1 Å². The van der Waals surface area contributed by atoms with E-state index < -0.39 is 5.95 Å². The Bertz CT molecular complexity index is 198. The van der Waals surface area contributed by atoms with Crippen LogP contribution in [0.15, 0.2) is 22.8 Å². The Morgan fingerprint density at radius 1 is 1.21 bits per heavy atom. The van der Waals surface area contributed by atoms with Gasteiger partial charge in [0, 0.05) is 10.7 Å². The Hall–Kier alpha value is -0.440. The highest BCUT2D eigenvalue weighted by molar-refractivity contribution is 9.10. The van der Waals surface area contributed by atoms with Crippen molar-refractivity contribution in [2.24, 2.45) is 0 Å². The molecule has 0 saturated heterocycles. The first-order chi connectivity index (χ1) is 6.70. The van der Waals surface area contributed by atoms with Crippen molar-refractivity contribution in [2.75, 3.05) is 0 Å². The van der Waals surface area contributed by atoms with Gasteiger partial charge in [-0.15, -0.1) is 0 Å². The molecule has 0 aliphatic heterocycles. The average Bonchev–Trinajstić information content (AvgIpc) is 2.20. The Labute approximate surface area is 93.9 Å². The minimum Gasteiger partial charge on any atom is -0.227 e. The average molecular weight is 262 g/mol. The molecular weight excluding hydrogens is 245 g/mol. The summed E-state index contributed by atoms with van der Waals surface area (Å²) in [5.74, 6) is -0.451. The summed E-state index contributed by atoms with van der Waals surface area (Å²) in [6, 6.07) is 2.90. The predicted octanol–water partition coefficient (Wildman–Crippen LogP) is 4.57. The van der Waals surface area contributed by atoms with Gasteiger partial charge in [0.1, 0.15) is 0 Å². The maximum Gasteiger partial charge on any atom is 0.212 e. The molecule has 1 nitrogen and oxygen atoms in total. The van der Waals surface area contributed by atoms with E-state index in [4.69, 9.17) is 0 Å². The number of hydrogen-bond acceptors (Lipinski definition) is 1. The third kappa shape index (κ3) is 8.17. The van der Waals surface area contributed by atoms with Crippen molar-refractivity contribution in [1.82, 2.24) is 4.98 Å². The van der Waals surface area contributed by atoms with E-state index in [1.54, 1.807) is 6.07 Å². The second-order valence-corrected chi connectivity index (χ2v) is 3.92. The quantitative estimate of drug-likeness (QED) is 0.574. The number of nitrogens with zero attached hydrogens (tertiary/aromatic N) is 1. The summed E-state index contributed by atoms with van der Waals surface area (Å²) in [6.45, 7) is 4.46. The van der Waals surface area contributed by atoms with Crippen molar-refractivity contribution in [3.8, 4) is 0 Å². The smallest absolute Gasteiger partial charge is 0.212 e. The fourth-order valence-electron chi connectivity index (χ4n) is 0.858. The maximum absolute atomic E-state index is 12.0. The summed E-state index contributed by atoms with van der Waals surface area (Å²) < 4.78 is 12.7. The van der Waals surface area contributed by atoms with Gasteiger partial charge in [0.15, 0.2) is 0 Å². The normalized spacial score (nSPS) is 9.14. The highest BCUT2D eigenvalue weighted by Gasteiger charge is 1.86. The van der Waals surface area contributed by atoms with E-state index >= 15 is 0 Å². The SMILES string of the molecule is CCCCCC.Fc1ccc(Br)cn1. The van der Waals surface area contributed by atoms with E-state index in [1.807, 2.05) is 0 Å². The third-order valence-electron chi connectivity index (χ3n) is 1.65. The van der Waals surface area contributed by atoms with Gasteiger partial charge in [-0.1, -0.05) is 39.5 Å². The van der Waals surface area contributed by atoms with Crippen molar-refractivity contribution >= 4 is 15.9 Å². The van der Waals surface area contributed by atoms with E-state index in [0.717, 1.165) is 4.47 Å². The summed E-state index contributed by atoms with van der Waals surface area (Å²) in [4.78, 5) is 3.37. The Morgan fingerprint density at radius 2 is 1.79 bits per heavy atom. The fraction of sp³-hybridized carbons (Fsp3) is 0.545. The van der Waals surface area contributed by atoms with Gasteiger partial charge >= 0.3 is 0 Å². The van der Waals surface area contributed by atoms with Gasteiger partial charge in [0.05, 0.1) is 0 Å². The van der Waals surface area contributed by atoms with Crippen LogP contribution >= 0.6 is 15.9 Å². The predicted molar refractivity (Wildman–Crippen MR) is 61.7 cm³/mol. The van der Waals surface area contributed by atoms with Crippen LogP contribution in [0.1, 0.15) is 39.5 Å². The molecule has 0 unspecified atom stereocenters. The molecule has 0 aliphatic rings. The van der Waals surface area contributed by atoms with Crippen LogP contribution < -0.4 is 0 Å². The molecule has 1 rings (SSSR count). The van der Waals surface area contributed by atoms with Gasteiger partial charge in [-0.3, -0.25) is 0 Å². The standard InChI is InChI=1S/C6H14.C5H3BrFN/c1-3-5-6-4-2;6-4-1-2-5(7)8-3-4/h3-6H2,1-2H3;1-3H. The molecule has 0 aromatic carbocycles. The second kappa shape index (κ2) is 9.13. The van der Waals surface area contributed by atoms with Crippen molar-refractivity contribution < 1.29 is 4.39 Å². The van der Waals surface area contributed by atoms with Gasteiger partial charge < -0.3 is 0 Å². The Kier molecular flexibility index (Phi) is 8.84. The molecule has 14 heavy (non-hydrogen) atoms. The molecule has 80 valence electrons. The van der Waals surface area contributed by atoms with E-state index in [1.165, 1.54) is 37.9 Å². The number of unbranched alkanes of at least 4 members (excludes halogenated alkanes) is 3. The van der Waals surface area contributed by atoms with Crippen molar-refractivity contribution in [1.29, 1.82) is 0 Å². The van der Waals surface area contributed by atoms with Gasteiger partial charge in [-0.2, -0.15) is 4.39 Å². The summed E-state index contributed by atoms with van der Waals surface area (Å²) in [7, 11) is 0. The highest BCUT2D eigenvalue weighted by atomic mass is 79.9. The van der Waals surface area contributed by atoms with Gasteiger partial charge in [-0.25, -0.2) is 4.98 Å². The highest BCUT2D eigenvalue weighted by Crippen LogP contribution is 2.05. The minimum absolute atomic E-state index is 0.451. The lowest BCUT2D eigenvalue weighted by atomic mass is 10.2. The molecule has 1 aromatic heterocycles. The summed E-state index contributed by atoms with van der Waals surface area (Å²) in [5, 5.41) is 0. The summed E-state index contributed by atoms with van der Waals surface area (Å²) in [5.41, 5.74) is 0. The summed E-state index contributed by atoms with van der Waals surface area (Å²) in [6.07, 6.45) is 6.95. The molecule has 0 aliphatic carbocycles. The number of rotatable bonds is 3. The van der Waals surface area contributed by atoms with E-state index in [2.05, 4.69) is 34.8 Å². The molecule has 0 fully saturated rings. The van der Waals surface area contributed by atoms with Crippen LogP contribution in [0, 0.1) is 5.95 Å². The van der Waals surface area contributed by atoms with Crippen LogP contribution in [-0.4, -0.2) is 4.98 Å². The Balaban J connectivity index is 0.000000255. The first-order valence-corrected chi connectivity index (χ1v) is 5.77. The van der Waals surface area contributed by atoms with Crippen molar-refractivity contribution in [3.05, 3.63) is 28.7 Å². The molecule has 0 spiro atoms. The molecule has 0 radical (unpaired) electrons. The molecule has 0 atom stereocenters. The van der Waals surface area contributed by atoms with E-state index in [0.29, 0.717) is 0 Å². The summed E-state index contributed by atoms with van der Waals surface area (Å²) >= 11 is 3.12. The van der Waals surface area contributed by atoms with Crippen molar-refractivity contribution in [2.45, 2.75) is 39.5 Å². The third-order valence-corrected chi connectivity index (χ3v) is 2.12. The van der Waals surface area contributed by atoms with Crippen LogP contribution in [0.2, 0.25) is 0 Å². The van der Waals surface area contributed by atoms with E-state index in [-0.39, 0.29) is 0 Å². The van der Waals surface area contributed by atoms with Gasteiger partial charge in [0.25, 0.3) is 0 Å². The lowest BCUT2D eigenvalue weighted by Crippen LogP contribution is -1.76. The molecule has 0 bridgehead atoms. The number of pyridine rings is 1. The Morgan fingerprint density at radius 3 is 2.07 bits per heavy atom. The molecule has 1 heterocycles. The lowest BCUT2D eigenvalue weighted by Gasteiger charge is -1.86. The van der Waals surface area contributed by atoms with Crippen LogP contribution in [-0.2, 0) is 0 Å². The molecule has 0 saturated carbocycles. The minimum atomic E-state index is -0.451. The van der Waals surface area contributed by atoms with Crippen LogP contribution in [0.25, 0.3) is 0 Å². The van der Waals surface area contributed by atoms with Crippen LogP contribution in [0.3, 0.4) is 0 Å². The van der Waals surface area contributed by atoms with Crippen molar-refractivity contribution in [3.63, 3.8) is 0 Å². The molecule has 1 aromatic rings. The molecule has 0 amide bonds. The molecule has 0 N–H and O–H groups in total. The second-order valence-electron chi connectivity index (χ2n) is 3.01. The first-order valence-electron chi connectivity index (χ1n) is 4.97. The zero-order chi connectivity index (χ0) is 10.8. The van der Waals surface area contributed by atoms with Crippen LogP contribution in [0.5, 0.6) is 0 Å². The van der Waals surface area contributed by atoms with E-state index in [9.17, 15) is 4.39 Å². The molecular formula is C11H17BrFN. The lowest BCUT2D eigenvalue weighted by molar-refractivity contribution is 0.583. The zero-order valence-corrected chi connectivity index (χ0v) is 10.3. The van der Waals surface area contributed by atoms with Gasteiger partial charge in [0.2, 0.25) is 5.95 Å². The number of hydrogen-bond donors (Lipinski definition) is 0. The first kappa shape index (κ1) is 13.6. The molecule has 3 heteroatoms. The maximum atomic E-state index is 12.0. The number of halogens is 2.